The third kappa shape index (κ3) is 2.49. The molecule has 0 spiro atoms. The summed E-state index contributed by atoms with van der Waals surface area (Å²) in [5.74, 6) is 0. The van der Waals surface area contributed by atoms with Gasteiger partial charge in [-0.1, -0.05) is 0 Å². The van der Waals surface area contributed by atoms with Gasteiger partial charge in [-0.05, 0) is 15.9 Å². The zero-order chi connectivity index (χ0) is 12.5. The molecule has 0 atom stereocenters. The Morgan fingerprint density at radius 3 is 2.31 bits per heavy atom. The number of aromatic nitrogens is 1. The smallest absolute Gasteiger partial charge is 0.392 e. The molecule has 0 saturated carbocycles. The second-order valence-corrected chi connectivity index (χ2v) is 3.60. The Morgan fingerprint density at radius 2 is 1.94 bits per heavy atom. The monoisotopic (exact) mass is 305 g/mol. The molecule has 2 nitrogen and oxygen atoms in total. The first-order valence-electron chi connectivity index (χ1n) is 3.92. The van der Waals surface area contributed by atoms with Crippen molar-refractivity contribution in [2.45, 2.75) is 19.2 Å². The summed E-state index contributed by atoms with van der Waals surface area (Å²) in [6.45, 7) is -1.02. The third-order valence-electron chi connectivity index (χ3n) is 1.80. The van der Waals surface area contributed by atoms with Crippen molar-refractivity contribution in [2.24, 2.45) is 0 Å². The highest BCUT2D eigenvalue weighted by Gasteiger charge is 2.37. The van der Waals surface area contributed by atoms with Crippen molar-refractivity contribution in [3.05, 3.63) is 27.5 Å². The molecule has 16 heavy (non-hydrogen) atoms. The number of halogens is 6. The first-order valence-corrected chi connectivity index (χ1v) is 4.71. The maximum absolute atomic E-state index is 12.4. The maximum Gasteiger partial charge on any atom is 0.433 e. The minimum absolute atomic E-state index is 0.441. The van der Waals surface area contributed by atoms with E-state index in [2.05, 4.69) is 20.9 Å². The molecule has 90 valence electrons. The minimum atomic E-state index is -4.79. The van der Waals surface area contributed by atoms with Gasteiger partial charge in [-0.2, -0.15) is 13.2 Å². The van der Waals surface area contributed by atoms with E-state index in [9.17, 15) is 22.0 Å². The quantitative estimate of drug-likeness (QED) is 0.851. The average Bonchev–Trinajstić information content (AvgIpc) is 2.15. The first-order chi connectivity index (χ1) is 7.29. The first kappa shape index (κ1) is 13.3. The molecule has 0 aliphatic carbocycles. The molecule has 1 heterocycles. The number of aliphatic hydroxyl groups is 1. The normalized spacial score (nSPS) is 12.2. The maximum atomic E-state index is 12.4. The topological polar surface area (TPSA) is 33.1 Å². The zero-order valence-corrected chi connectivity index (χ0v) is 9.11. The molecule has 0 saturated heterocycles. The van der Waals surface area contributed by atoms with Crippen molar-refractivity contribution in [1.82, 2.24) is 4.98 Å². The van der Waals surface area contributed by atoms with E-state index in [1.807, 2.05) is 0 Å². The van der Waals surface area contributed by atoms with Crippen LogP contribution in [0.2, 0.25) is 0 Å². The van der Waals surface area contributed by atoms with Gasteiger partial charge in [0, 0.05) is 16.2 Å². The Hall–Kier alpha value is -0.760. The Kier molecular flexibility index (Phi) is 3.84. The van der Waals surface area contributed by atoms with Crippen LogP contribution in [-0.4, -0.2) is 10.1 Å². The highest BCUT2D eigenvalue weighted by Crippen LogP contribution is 2.37. The van der Waals surface area contributed by atoms with E-state index >= 15 is 0 Å². The molecule has 0 unspecified atom stereocenters. The average molecular weight is 306 g/mol. The van der Waals surface area contributed by atoms with Crippen LogP contribution < -0.4 is 0 Å². The fourth-order valence-electron chi connectivity index (χ4n) is 1.09. The summed E-state index contributed by atoms with van der Waals surface area (Å²) in [6.07, 6.45) is -7.31. The van der Waals surface area contributed by atoms with Crippen molar-refractivity contribution in [3.63, 3.8) is 0 Å². The summed E-state index contributed by atoms with van der Waals surface area (Å²) in [5.41, 5.74) is -2.74. The Morgan fingerprint density at radius 1 is 1.38 bits per heavy atom. The molecular weight excluding hydrogens is 301 g/mol. The lowest BCUT2D eigenvalue weighted by atomic mass is 10.1. The Bertz CT molecular complexity index is 393. The van der Waals surface area contributed by atoms with Crippen molar-refractivity contribution < 1.29 is 27.1 Å². The summed E-state index contributed by atoms with van der Waals surface area (Å²) in [5, 5.41) is 8.75. The third-order valence-corrected chi connectivity index (χ3v) is 2.74. The molecular formula is C8H5BrF5NO. The van der Waals surface area contributed by atoms with Crippen LogP contribution in [-0.2, 0) is 12.8 Å². The van der Waals surface area contributed by atoms with E-state index < -0.39 is 40.5 Å². The predicted octanol–water partition coefficient (Wildman–Crippen LogP) is 3.29. The van der Waals surface area contributed by atoms with Gasteiger partial charge in [-0.25, -0.2) is 8.78 Å². The van der Waals surface area contributed by atoms with Crippen molar-refractivity contribution in [1.29, 1.82) is 0 Å². The highest BCUT2D eigenvalue weighted by molar-refractivity contribution is 9.10. The van der Waals surface area contributed by atoms with Crippen molar-refractivity contribution in [3.8, 4) is 0 Å². The summed E-state index contributed by atoms with van der Waals surface area (Å²) < 4.78 is 61.3. The second-order valence-electron chi connectivity index (χ2n) is 2.81. The number of hydrogen-bond acceptors (Lipinski definition) is 2. The van der Waals surface area contributed by atoms with Crippen molar-refractivity contribution >= 4 is 15.9 Å². The lowest BCUT2D eigenvalue weighted by Gasteiger charge is -2.14. The Balaban J connectivity index is 3.41. The SMILES string of the molecule is OCc1c(C(F)(F)F)ncc(C(F)F)c1Br. The lowest BCUT2D eigenvalue weighted by molar-refractivity contribution is -0.142. The highest BCUT2D eigenvalue weighted by atomic mass is 79.9. The van der Waals surface area contributed by atoms with Crippen LogP contribution in [0.1, 0.15) is 23.2 Å². The molecule has 0 radical (unpaired) electrons. The van der Waals surface area contributed by atoms with E-state index in [0.29, 0.717) is 6.20 Å². The fourth-order valence-corrected chi connectivity index (χ4v) is 1.68. The molecule has 0 amide bonds. The van der Waals surface area contributed by atoms with Gasteiger partial charge < -0.3 is 5.11 Å². The molecule has 1 N–H and O–H groups in total. The van der Waals surface area contributed by atoms with Gasteiger partial charge in [0.25, 0.3) is 6.43 Å². The Labute approximate surface area is 95.2 Å². The van der Waals surface area contributed by atoms with E-state index in [1.54, 1.807) is 0 Å². The van der Waals surface area contributed by atoms with Gasteiger partial charge in [0.05, 0.1) is 12.2 Å². The number of pyridine rings is 1. The summed E-state index contributed by atoms with van der Waals surface area (Å²) in [6, 6.07) is 0. The molecule has 0 fully saturated rings. The molecule has 8 heteroatoms. The zero-order valence-electron chi connectivity index (χ0n) is 7.52. The molecule has 1 aromatic rings. The van der Waals surface area contributed by atoms with E-state index in [1.165, 1.54) is 0 Å². The summed E-state index contributed by atoms with van der Waals surface area (Å²) in [7, 11) is 0. The van der Waals surface area contributed by atoms with E-state index in [4.69, 9.17) is 5.11 Å². The van der Waals surface area contributed by atoms with Gasteiger partial charge in [0.1, 0.15) is 0 Å². The summed E-state index contributed by atoms with van der Waals surface area (Å²) >= 11 is 2.61. The second kappa shape index (κ2) is 4.62. The van der Waals surface area contributed by atoms with Gasteiger partial charge in [0.2, 0.25) is 0 Å². The number of alkyl halides is 5. The molecule has 0 aliphatic heterocycles. The number of aliphatic hydroxyl groups excluding tert-OH is 1. The fraction of sp³-hybridized carbons (Fsp3) is 0.375. The molecule has 0 aromatic carbocycles. The van der Waals surface area contributed by atoms with Gasteiger partial charge in [-0.15, -0.1) is 0 Å². The largest absolute Gasteiger partial charge is 0.433 e. The van der Waals surface area contributed by atoms with Gasteiger partial charge in [0.15, 0.2) is 5.69 Å². The molecule has 1 rings (SSSR count). The van der Waals surface area contributed by atoms with Crippen LogP contribution in [0, 0.1) is 0 Å². The summed E-state index contributed by atoms with van der Waals surface area (Å²) in [4.78, 5) is 2.91. The lowest BCUT2D eigenvalue weighted by Crippen LogP contribution is -2.13. The number of hydrogen-bond donors (Lipinski definition) is 1. The number of rotatable bonds is 2. The van der Waals surface area contributed by atoms with Crippen LogP contribution in [0.3, 0.4) is 0 Å². The number of nitrogens with zero attached hydrogens (tertiary/aromatic N) is 1. The molecule has 0 bridgehead atoms. The van der Waals surface area contributed by atoms with Crippen LogP contribution >= 0.6 is 15.9 Å². The van der Waals surface area contributed by atoms with Crippen LogP contribution in [0.5, 0.6) is 0 Å². The van der Waals surface area contributed by atoms with E-state index in [0.717, 1.165) is 0 Å². The minimum Gasteiger partial charge on any atom is -0.392 e. The predicted molar refractivity (Wildman–Crippen MR) is 47.8 cm³/mol. The van der Waals surface area contributed by atoms with Crippen LogP contribution in [0.15, 0.2) is 10.7 Å². The standard InChI is InChI=1S/C8H5BrF5NO/c9-5-3(7(10)11)1-15-6(4(5)2-16)8(12,13)14/h1,7,16H,2H2. The molecule has 0 aliphatic rings. The van der Waals surface area contributed by atoms with Crippen LogP contribution in [0.4, 0.5) is 22.0 Å². The van der Waals surface area contributed by atoms with E-state index in [-0.39, 0.29) is 0 Å². The van der Waals surface area contributed by atoms with Gasteiger partial charge in [-0.3, -0.25) is 4.98 Å². The van der Waals surface area contributed by atoms with Gasteiger partial charge >= 0.3 is 6.18 Å². The van der Waals surface area contributed by atoms with Crippen LogP contribution in [0.25, 0.3) is 0 Å². The van der Waals surface area contributed by atoms with Crippen molar-refractivity contribution in [2.75, 3.05) is 0 Å². The molecule has 1 aromatic heterocycles.